The van der Waals surface area contributed by atoms with E-state index in [9.17, 15) is 0 Å². The highest BCUT2D eigenvalue weighted by atomic mass is 16.5. The molecule has 1 saturated heterocycles. The van der Waals surface area contributed by atoms with E-state index in [1.165, 1.54) is 31.5 Å². The van der Waals surface area contributed by atoms with Gasteiger partial charge in [-0.1, -0.05) is 19.1 Å². The number of rotatable bonds is 10. The molecule has 1 atom stereocenters. The van der Waals surface area contributed by atoms with E-state index < -0.39 is 0 Å². The van der Waals surface area contributed by atoms with Gasteiger partial charge in [-0.15, -0.1) is 0 Å². The molecule has 2 rings (SSSR count). The fraction of sp³-hybridized carbons (Fsp3) is 0.682. The average Bonchev–Trinajstić information content (AvgIpc) is 2.75. The molecule has 1 unspecified atom stereocenters. The maximum absolute atomic E-state index is 5.23. The highest BCUT2D eigenvalue weighted by Gasteiger charge is 2.19. The Labute approximate surface area is 170 Å². The molecule has 0 amide bonds. The monoisotopic (exact) mass is 390 g/mol. The topological polar surface area (TPSA) is 58.1 Å². The van der Waals surface area contributed by atoms with Gasteiger partial charge < -0.3 is 25.0 Å². The van der Waals surface area contributed by atoms with Crippen molar-refractivity contribution in [2.24, 2.45) is 10.9 Å². The lowest BCUT2D eigenvalue weighted by Crippen LogP contribution is -2.43. The lowest BCUT2D eigenvalue weighted by Gasteiger charge is -2.32. The van der Waals surface area contributed by atoms with E-state index in [-0.39, 0.29) is 0 Å². The molecule has 1 aliphatic heterocycles. The summed E-state index contributed by atoms with van der Waals surface area (Å²) in [6.07, 6.45) is 3.54. The lowest BCUT2D eigenvalue weighted by molar-refractivity contribution is 0.121. The molecule has 2 N–H and O–H groups in total. The number of nitrogens with zero attached hydrogens (tertiary/aromatic N) is 2. The van der Waals surface area contributed by atoms with Crippen molar-refractivity contribution >= 4 is 5.96 Å². The Kier molecular flexibility index (Phi) is 10.1. The predicted molar refractivity (Wildman–Crippen MR) is 116 cm³/mol. The van der Waals surface area contributed by atoms with Crippen LogP contribution >= 0.6 is 0 Å². The maximum atomic E-state index is 5.23. The van der Waals surface area contributed by atoms with Gasteiger partial charge in [-0.25, -0.2) is 0 Å². The fourth-order valence-electron chi connectivity index (χ4n) is 3.60. The Balaban J connectivity index is 1.63. The zero-order valence-electron chi connectivity index (χ0n) is 18.0. The van der Waals surface area contributed by atoms with Gasteiger partial charge in [0.1, 0.15) is 5.75 Å². The van der Waals surface area contributed by atoms with Gasteiger partial charge in [0.05, 0.1) is 13.7 Å². The average molecular weight is 391 g/mol. The number of guanidine groups is 1. The fourth-order valence-corrected chi connectivity index (χ4v) is 3.60. The summed E-state index contributed by atoms with van der Waals surface area (Å²) in [7, 11) is 5.31. The van der Waals surface area contributed by atoms with Crippen molar-refractivity contribution < 1.29 is 9.47 Å². The molecule has 28 heavy (non-hydrogen) atoms. The second-order valence-corrected chi connectivity index (χ2v) is 7.62. The van der Waals surface area contributed by atoms with Crippen LogP contribution in [0.15, 0.2) is 29.3 Å². The van der Waals surface area contributed by atoms with Gasteiger partial charge in [0, 0.05) is 33.8 Å². The van der Waals surface area contributed by atoms with Gasteiger partial charge >= 0.3 is 0 Å². The van der Waals surface area contributed by atoms with Gasteiger partial charge in [0.25, 0.3) is 0 Å². The summed E-state index contributed by atoms with van der Waals surface area (Å²) in [4.78, 5) is 6.86. The molecule has 1 fully saturated rings. The van der Waals surface area contributed by atoms with Gasteiger partial charge in [-0.05, 0) is 61.9 Å². The van der Waals surface area contributed by atoms with Gasteiger partial charge in [-0.2, -0.15) is 0 Å². The largest absolute Gasteiger partial charge is 0.497 e. The van der Waals surface area contributed by atoms with Crippen LogP contribution in [0.5, 0.6) is 5.75 Å². The van der Waals surface area contributed by atoms with E-state index >= 15 is 0 Å². The summed E-state index contributed by atoms with van der Waals surface area (Å²) < 4.78 is 10.4. The van der Waals surface area contributed by atoms with Crippen molar-refractivity contribution in [2.75, 3.05) is 60.6 Å². The first-order valence-electron chi connectivity index (χ1n) is 10.5. The molecule has 158 valence electrons. The van der Waals surface area contributed by atoms with E-state index in [0.717, 1.165) is 50.3 Å². The normalized spacial score (nSPS) is 17.4. The highest BCUT2D eigenvalue weighted by Crippen LogP contribution is 2.21. The van der Waals surface area contributed by atoms with E-state index in [0.29, 0.717) is 5.92 Å². The number of methoxy groups -OCH3 is 2. The third-order valence-electron chi connectivity index (χ3n) is 5.66. The number of aliphatic imine (C=N–C) groups is 1. The van der Waals surface area contributed by atoms with Crippen molar-refractivity contribution in [1.29, 1.82) is 0 Å². The van der Waals surface area contributed by atoms with Crippen molar-refractivity contribution in [3.05, 3.63) is 29.8 Å². The van der Waals surface area contributed by atoms with E-state index in [2.05, 4.69) is 39.6 Å². The van der Waals surface area contributed by atoms with Crippen LogP contribution in [-0.2, 0) is 4.74 Å². The second-order valence-electron chi connectivity index (χ2n) is 7.62. The van der Waals surface area contributed by atoms with Gasteiger partial charge in [0.2, 0.25) is 0 Å². The van der Waals surface area contributed by atoms with Crippen LogP contribution in [0, 0.1) is 5.92 Å². The molecule has 1 aromatic rings. The van der Waals surface area contributed by atoms with Crippen LogP contribution in [0.25, 0.3) is 0 Å². The van der Waals surface area contributed by atoms with Crippen molar-refractivity contribution in [3.8, 4) is 5.75 Å². The van der Waals surface area contributed by atoms with E-state index in [4.69, 9.17) is 9.47 Å². The van der Waals surface area contributed by atoms with Gasteiger partial charge in [0.15, 0.2) is 5.96 Å². The minimum atomic E-state index is 0.493. The first kappa shape index (κ1) is 22.5. The summed E-state index contributed by atoms with van der Waals surface area (Å²) in [6, 6.07) is 8.35. The molecule has 0 aliphatic carbocycles. The molecule has 0 aromatic heterocycles. The standard InChI is InChI=1S/C22H38N4O2/c1-18(20-5-7-21(28-4)8-6-20)9-12-24-22(23-2)25-17-19-10-13-26(14-11-19)15-16-27-3/h5-8,18-19H,9-17H2,1-4H3,(H2,23,24,25). The van der Waals surface area contributed by atoms with Crippen LogP contribution in [-0.4, -0.2) is 71.5 Å². The number of piperidine rings is 1. The zero-order valence-corrected chi connectivity index (χ0v) is 18.0. The molecule has 0 radical (unpaired) electrons. The Hall–Kier alpha value is -1.79. The molecular weight excluding hydrogens is 352 g/mol. The number of hydrogen-bond acceptors (Lipinski definition) is 4. The Morgan fingerprint density at radius 1 is 1.18 bits per heavy atom. The molecule has 0 spiro atoms. The summed E-state index contributed by atoms with van der Waals surface area (Å²) in [5.41, 5.74) is 1.34. The van der Waals surface area contributed by atoms with Crippen molar-refractivity contribution in [2.45, 2.75) is 32.1 Å². The maximum Gasteiger partial charge on any atom is 0.190 e. The van der Waals surface area contributed by atoms with E-state index in [1.54, 1.807) is 14.2 Å². The summed E-state index contributed by atoms with van der Waals surface area (Å²) in [5.74, 6) is 3.02. The summed E-state index contributed by atoms with van der Waals surface area (Å²) >= 11 is 0. The summed E-state index contributed by atoms with van der Waals surface area (Å²) in [5, 5.41) is 6.96. The van der Waals surface area contributed by atoms with Crippen LogP contribution in [0.3, 0.4) is 0 Å². The molecule has 1 aromatic carbocycles. The van der Waals surface area contributed by atoms with Crippen LogP contribution in [0.4, 0.5) is 0 Å². The lowest BCUT2D eigenvalue weighted by atomic mass is 9.97. The van der Waals surface area contributed by atoms with Gasteiger partial charge in [-0.3, -0.25) is 4.99 Å². The zero-order chi connectivity index (χ0) is 20.2. The Bertz CT molecular complexity index is 568. The number of hydrogen-bond donors (Lipinski definition) is 2. The third kappa shape index (κ3) is 7.68. The minimum Gasteiger partial charge on any atom is -0.497 e. The molecule has 6 nitrogen and oxygen atoms in total. The smallest absolute Gasteiger partial charge is 0.190 e. The Morgan fingerprint density at radius 3 is 2.50 bits per heavy atom. The predicted octanol–water partition coefficient (Wildman–Crippen LogP) is 2.71. The highest BCUT2D eigenvalue weighted by molar-refractivity contribution is 5.79. The molecule has 0 saturated carbocycles. The Morgan fingerprint density at radius 2 is 1.89 bits per heavy atom. The van der Waals surface area contributed by atoms with Crippen molar-refractivity contribution in [1.82, 2.24) is 15.5 Å². The number of benzene rings is 1. The van der Waals surface area contributed by atoms with Crippen molar-refractivity contribution in [3.63, 3.8) is 0 Å². The number of ether oxygens (including phenoxy) is 2. The molecule has 6 heteroatoms. The molecule has 1 heterocycles. The first-order valence-corrected chi connectivity index (χ1v) is 10.5. The third-order valence-corrected chi connectivity index (χ3v) is 5.66. The minimum absolute atomic E-state index is 0.493. The molecular formula is C22H38N4O2. The molecule has 0 bridgehead atoms. The molecule has 1 aliphatic rings. The van der Waals surface area contributed by atoms with Crippen LogP contribution in [0.1, 0.15) is 37.7 Å². The number of nitrogens with one attached hydrogen (secondary N) is 2. The van der Waals surface area contributed by atoms with Crippen LogP contribution < -0.4 is 15.4 Å². The number of likely N-dealkylation sites (tertiary alicyclic amines) is 1. The first-order chi connectivity index (χ1) is 13.7. The summed E-state index contributed by atoms with van der Waals surface area (Å²) in [6.45, 7) is 8.37. The SMILES string of the molecule is CN=C(NCCC(C)c1ccc(OC)cc1)NCC1CCN(CCOC)CC1. The van der Waals surface area contributed by atoms with Crippen LogP contribution in [0.2, 0.25) is 0 Å². The van der Waals surface area contributed by atoms with E-state index in [1.807, 2.05) is 19.2 Å². The quantitative estimate of drug-likeness (QED) is 0.475. The second kappa shape index (κ2) is 12.6.